The Labute approximate surface area is 75.2 Å². The third-order valence-corrected chi connectivity index (χ3v) is 1.76. The first-order valence-corrected chi connectivity index (χ1v) is 3.91. The Kier molecular flexibility index (Phi) is 2.79. The van der Waals surface area contributed by atoms with E-state index in [1.54, 1.807) is 6.92 Å². The van der Waals surface area contributed by atoms with Crippen LogP contribution in [0.5, 0.6) is 0 Å². The van der Waals surface area contributed by atoms with Gasteiger partial charge in [-0.25, -0.2) is 0 Å². The molecule has 5 heteroatoms. The summed E-state index contributed by atoms with van der Waals surface area (Å²) in [5.41, 5.74) is 4.84. The van der Waals surface area contributed by atoms with Crippen molar-refractivity contribution in [3.05, 3.63) is 28.9 Å². The zero-order valence-corrected chi connectivity index (χ0v) is 7.30. The van der Waals surface area contributed by atoms with Crippen molar-refractivity contribution in [3.8, 4) is 0 Å². The van der Waals surface area contributed by atoms with E-state index in [4.69, 9.17) is 5.73 Å². The molecule has 2 N–H and O–H groups in total. The molecule has 0 fully saturated rings. The van der Waals surface area contributed by atoms with Gasteiger partial charge in [-0.2, -0.15) is 0 Å². The highest BCUT2D eigenvalue weighted by Crippen LogP contribution is 1.95. The van der Waals surface area contributed by atoms with Crippen LogP contribution >= 0.6 is 0 Å². The number of aromatic nitrogens is 2. The first kappa shape index (κ1) is 9.44. The van der Waals surface area contributed by atoms with Crippen LogP contribution in [-0.2, 0) is 11.3 Å². The number of carbonyl (C=O) groups is 1. The van der Waals surface area contributed by atoms with Crippen LogP contribution < -0.4 is 11.3 Å². The van der Waals surface area contributed by atoms with Crippen molar-refractivity contribution in [2.24, 2.45) is 11.7 Å². The molecular formula is C8H11N3O2. The van der Waals surface area contributed by atoms with Crippen molar-refractivity contribution in [1.29, 1.82) is 0 Å². The first-order chi connectivity index (χ1) is 6.11. The standard InChI is InChI=1S/C8H11N3O2/c1-6(8(9)13)5-11-3-2-10-4-7(11)12/h2-4,6H,5H2,1H3,(H2,9,13). The van der Waals surface area contributed by atoms with Gasteiger partial charge in [0.05, 0.1) is 12.1 Å². The number of primary amides is 1. The lowest BCUT2D eigenvalue weighted by Crippen LogP contribution is -2.29. The van der Waals surface area contributed by atoms with Crippen LogP contribution in [0.4, 0.5) is 0 Å². The Morgan fingerprint density at radius 2 is 2.46 bits per heavy atom. The van der Waals surface area contributed by atoms with Gasteiger partial charge in [0.25, 0.3) is 5.56 Å². The maximum Gasteiger partial charge on any atom is 0.269 e. The number of rotatable bonds is 3. The summed E-state index contributed by atoms with van der Waals surface area (Å²) in [5, 5.41) is 0. The number of amides is 1. The fourth-order valence-electron chi connectivity index (χ4n) is 0.909. The number of carbonyl (C=O) groups excluding carboxylic acids is 1. The third kappa shape index (κ3) is 2.40. The molecule has 1 unspecified atom stereocenters. The second kappa shape index (κ2) is 3.84. The second-order valence-corrected chi connectivity index (χ2v) is 2.87. The van der Waals surface area contributed by atoms with E-state index in [2.05, 4.69) is 4.98 Å². The van der Waals surface area contributed by atoms with Crippen LogP contribution in [0.25, 0.3) is 0 Å². The summed E-state index contributed by atoms with van der Waals surface area (Å²) in [4.78, 5) is 25.5. The molecule has 0 aliphatic rings. The lowest BCUT2D eigenvalue weighted by atomic mass is 10.2. The molecule has 1 atom stereocenters. The number of hydrogen-bond acceptors (Lipinski definition) is 3. The Hall–Kier alpha value is -1.65. The highest BCUT2D eigenvalue weighted by Gasteiger charge is 2.09. The topological polar surface area (TPSA) is 78.0 Å². The van der Waals surface area contributed by atoms with E-state index in [0.29, 0.717) is 6.54 Å². The molecule has 1 aromatic rings. The van der Waals surface area contributed by atoms with Crippen molar-refractivity contribution in [3.63, 3.8) is 0 Å². The number of nitrogens with zero attached hydrogens (tertiary/aromatic N) is 2. The molecule has 0 saturated carbocycles. The maximum absolute atomic E-state index is 11.1. The summed E-state index contributed by atoms with van der Waals surface area (Å²) in [6, 6.07) is 0. The molecule has 1 heterocycles. The minimum Gasteiger partial charge on any atom is -0.369 e. The van der Waals surface area contributed by atoms with Gasteiger partial charge in [-0.15, -0.1) is 0 Å². The molecule has 0 aliphatic heterocycles. The molecule has 0 aliphatic carbocycles. The molecule has 1 aromatic heterocycles. The Morgan fingerprint density at radius 1 is 1.77 bits per heavy atom. The van der Waals surface area contributed by atoms with Crippen molar-refractivity contribution < 1.29 is 4.79 Å². The number of nitrogens with two attached hydrogens (primary N) is 1. The predicted molar refractivity (Wildman–Crippen MR) is 46.9 cm³/mol. The Balaban J connectivity index is 2.81. The fourth-order valence-corrected chi connectivity index (χ4v) is 0.909. The molecule has 0 aromatic carbocycles. The van der Waals surface area contributed by atoms with Gasteiger partial charge in [0.15, 0.2) is 0 Å². The van der Waals surface area contributed by atoms with Gasteiger partial charge in [0.1, 0.15) is 0 Å². The number of hydrogen-bond donors (Lipinski definition) is 1. The van der Waals surface area contributed by atoms with Gasteiger partial charge in [-0.05, 0) is 0 Å². The Bertz CT molecular complexity index is 358. The van der Waals surface area contributed by atoms with E-state index in [1.165, 1.54) is 23.2 Å². The van der Waals surface area contributed by atoms with E-state index >= 15 is 0 Å². The van der Waals surface area contributed by atoms with Gasteiger partial charge in [-0.3, -0.25) is 14.6 Å². The van der Waals surface area contributed by atoms with Gasteiger partial charge in [0, 0.05) is 18.9 Å². The summed E-state index contributed by atoms with van der Waals surface area (Å²) in [6.07, 6.45) is 4.23. The summed E-state index contributed by atoms with van der Waals surface area (Å²) in [5.74, 6) is -0.760. The van der Waals surface area contributed by atoms with Gasteiger partial charge in [0.2, 0.25) is 5.91 Å². The van der Waals surface area contributed by atoms with Crippen molar-refractivity contribution in [1.82, 2.24) is 9.55 Å². The van der Waals surface area contributed by atoms with Crippen molar-refractivity contribution in [2.45, 2.75) is 13.5 Å². The molecule has 0 radical (unpaired) electrons. The minimum atomic E-state index is -0.413. The van der Waals surface area contributed by atoms with Gasteiger partial charge in [-0.1, -0.05) is 6.92 Å². The van der Waals surface area contributed by atoms with Crippen LogP contribution in [-0.4, -0.2) is 15.5 Å². The molecule has 70 valence electrons. The van der Waals surface area contributed by atoms with Crippen molar-refractivity contribution >= 4 is 5.91 Å². The van der Waals surface area contributed by atoms with E-state index in [-0.39, 0.29) is 11.5 Å². The highest BCUT2D eigenvalue weighted by atomic mass is 16.1. The minimum absolute atomic E-state index is 0.226. The van der Waals surface area contributed by atoms with Crippen molar-refractivity contribution in [2.75, 3.05) is 0 Å². The molecule has 0 bridgehead atoms. The van der Waals surface area contributed by atoms with Gasteiger partial charge < -0.3 is 10.3 Å². The SMILES string of the molecule is CC(Cn1ccncc1=O)C(N)=O. The lowest BCUT2D eigenvalue weighted by Gasteiger charge is -2.08. The predicted octanol–water partition coefficient (Wildman–Crippen LogP) is -0.635. The highest BCUT2D eigenvalue weighted by molar-refractivity contribution is 5.76. The molecule has 13 heavy (non-hydrogen) atoms. The van der Waals surface area contributed by atoms with Gasteiger partial charge >= 0.3 is 0 Å². The average Bonchev–Trinajstić information content (AvgIpc) is 2.08. The molecule has 1 amide bonds. The molecule has 0 saturated heterocycles. The molecule has 5 nitrogen and oxygen atoms in total. The molecular weight excluding hydrogens is 170 g/mol. The van der Waals surface area contributed by atoms with Crippen LogP contribution in [0, 0.1) is 5.92 Å². The zero-order chi connectivity index (χ0) is 9.84. The van der Waals surface area contributed by atoms with E-state index in [1.807, 2.05) is 0 Å². The zero-order valence-electron chi connectivity index (χ0n) is 7.30. The smallest absolute Gasteiger partial charge is 0.269 e. The van der Waals surface area contributed by atoms with Crippen LogP contribution in [0.1, 0.15) is 6.92 Å². The fraction of sp³-hybridized carbons (Fsp3) is 0.375. The maximum atomic E-state index is 11.1. The summed E-state index contributed by atoms with van der Waals surface area (Å²) in [7, 11) is 0. The summed E-state index contributed by atoms with van der Waals surface area (Å²) < 4.78 is 1.41. The monoisotopic (exact) mass is 181 g/mol. The summed E-state index contributed by atoms with van der Waals surface area (Å²) in [6.45, 7) is 1.98. The van der Waals surface area contributed by atoms with Crippen LogP contribution in [0.2, 0.25) is 0 Å². The average molecular weight is 181 g/mol. The van der Waals surface area contributed by atoms with Crippen LogP contribution in [0.15, 0.2) is 23.4 Å². The second-order valence-electron chi connectivity index (χ2n) is 2.87. The molecule has 0 spiro atoms. The quantitative estimate of drug-likeness (QED) is 0.674. The molecule has 1 rings (SSSR count). The first-order valence-electron chi connectivity index (χ1n) is 3.91. The lowest BCUT2D eigenvalue weighted by molar-refractivity contribution is -0.121. The largest absolute Gasteiger partial charge is 0.369 e. The van der Waals surface area contributed by atoms with E-state index in [9.17, 15) is 9.59 Å². The normalized spacial score (nSPS) is 12.4. The summed E-state index contributed by atoms with van der Waals surface area (Å²) >= 11 is 0. The van der Waals surface area contributed by atoms with E-state index in [0.717, 1.165) is 0 Å². The Morgan fingerprint density at radius 3 is 3.00 bits per heavy atom. The third-order valence-electron chi connectivity index (χ3n) is 1.76. The van der Waals surface area contributed by atoms with E-state index < -0.39 is 5.91 Å². The van der Waals surface area contributed by atoms with Crippen LogP contribution in [0.3, 0.4) is 0 Å².